The summed E-state index contributed by atoms with van der Waals surface area (Å²) < 4.78 is 0. The summed E-state index contributed by atoms with van der Waals surface area (Å²) >= 11 is 3.45. The van der Waals surface area contributed by atoms with Gasteiger partial charge in [0.05, 0.1) is 0 Å². The molecule has 0 fully saturated rings. The van der Waals surface area contributed by atoms with Gasteiger partial charge in [-0.05, 0) is 49.4 Å². The standard InChI is InChI=1S/C15H22BrNO2/c1-3-4-12(7-8-16)10-17-15(19)13-5-6-14(18)11(2)9-13/h5-6,9,12,18H,3-4,7-8,10H2,1-2H3,(H,17,19). The van der Waals surface area contributed by atoms with Crippen LogP contribution in [0.2, 0.25) is 0 Å². The number of rotatable bonds is 7. The number of alkyl halides is 1. The van der Waals surface area contributed by atoms with Crippen LogP contribution in [0.15, 0.2) is 18.2 Å². The van der Waals surface area contributed by atoms with Gasteiger partial charge in [-0.25, -0.2) is 0 Å². The number of carbonyl (C=O) groups excluding carboxylic acids is 1. The van der Waals surface area contributed by atoms with Crippen LogP contribution in [0.3, 0.4) is 0 Å². The Morgan fingerprint density at radius 3 is 2.74 bits per heavy atom. The van der Waals surface area contributed by atoms with Gasteiger partial charge in [0, 0.05) is 17.4 Å². The summed E-state index contributed by atoms with van der Waals surface area (Å²) in [5.74, 6) is 0.671. The molecule has 4 heteroatoms. The van der Waals surface area contributed by atoms with E-state index < -0.39 is 0 Å². The summed E-state index contributed by atoms with van der Waals surface area (Å²) in [6, 6.07) is 4.92. The van der Waals surface area contributed by atoms with Crippen molar-refractivity contribution in [2.24, 2.45) is 5.92 Å². The van der Waals surface area contributed by atoms with E-state index in [0.29, 0.717) is 18.0 Å². The fourth-order valence-corrected chi connectivity index (χ4v) is 2.69. The third-order valence-electron chi connectivity index (χ3n) is 3.22. The van der Waals surface area contributed by atoms with Crippen molar-refractivity contribution in [1.82, 2.24) is 5.32 Å². The van der Waals surface area contributed by atoms with Crippen LogP contribution >= 0.6 is 15.9 Å². The summed E-state index contributed by atoms with van der Waals surface area (Å²) in [7, 11) is 0. The quantitative estimate of drug-likeness (QED) is 0.751. The van der Waals surface area contributed by atoms with Crippen LogP contribution in [0, 0.1) is 12.8 Å². The molecular formula is C15H22BrNO2. The van der Waals surface area contributed by atoms with Crippen LogP contribution in [0.1, 0.15) is 42.1 Å². The molecule has 106 valence electrons. The van der Waals surface area contributed by atoms with Crippen molar-refractivity contribution in [3.63, 3.8) is 0 Å². The maximum Gasteiger partial charge on any atom is 0.251 e. The van der Waals surface area contributed by atoms with Gasteiger partial charge in [0.2, 0.25) is 0 Å². The highest BCUT2D eigenvalue weighted by molar-refractivity contribution is 9.09. The van der Waals surface area contributed by atoms with Gasteiger partial charge >= 0.3 is 0 Å². The molecule has 0 saturated carbocycles. The normalized spacial score (nSPS) is 12.2. The molecular weight excluding hydrogens is 306 g/mol. The molecule has 3 nitrogen and oxygen atoms in total. The molecule has 1 rings (SSSR count). The fourth-order valence-electron chi connectivity index (χ4n) is 2.05. The van der Waals surface area contributed by atoms with Gasteiger partial charge in [-0.15, -0.1) is 0 Å². The van der Waals surface area contributed by atoms with E-state index in [0.717, 1.165) is 30.2 Å². The van der Waals surface area contributed by atoms with Gasteiger partial charge in [0.15, 0.2) is 0 Å². The highest BCUT2D eigenvalue weighted by Crippen LogP contribution is 2.17. The van der Waals surface area contributed by atoms with E-state index in [9.17, 15) is 9.90 Å². The molecule has 0 aliphatic heterocycles. The lowest BCUT2D eigenvalue weighted by Crippen LogP contribution is -2.29. The number of amides is 1. The highest BCUT2D eigenvalue weighted by atomic mass is 79.9. The van der Waals surface area contributed by atoms with Crippen molar-refractivity contribution in [1.29, 1.82) is 0 Å². The Balaban J connectivity index is 2.56. The number of carbonyl (C=O) groups is 1. The van der Waals surface area contributed by atoms with E-state index >= 15 is 0 Å². The molecule has 1 atom stereocenters. The summed E-state index contributed by atoms with van der Waals surface area (Å²) in [5.41, 5.74) is 1.32. The van der Waals surface area contributed by atoms with Crippen LogP contribution in [0.4, 0.5) is 0 Å². The minimum absolute atomic E-state index is 0.0706. The van der Waals surface area contributed by atoms with Gasteiger partial charge in [-0.2, -0.15) is 0 Å². The number of halogens is 1. The second kappa shape index (κ2) is 8.20. The van der Waals surface area contributed by atoms with Crippen LogP contribution in [0.5, 0.6) is 5.75 Å². The SMILES string of the molecule is CCCC(CCBr)CNC(=O)c1ccc(O)c(C)c1. The Hall–Kier alpha value is -1.03. The van der Waals surface area contributed by atoms with Crippen LogP contribution in [0.25, 0.3) is 0 Å². The number of nitrogens with one attached hydrogen (secondary N) is 1. The molecule has 0 heterocycles. The minimum Gasteiger partial charge on any atom is -0.508 e. The molecule has 0 bridgehead atoms. The molecule has 1 aromatic rings. The number of phenolic OH excluding ortho intramolecular Hbond substituents is 1. The van der Waals surface area contributed by atoms with Crippen molar-refractivity contribution in [2.75, 3.05) is 11.9 Å². The number of benzene rings is 1. The molecule has 19 heavy (non-hydrogen) atoms. The molecule has 0 radical (unpaired) electrons. The number of phenols is 1. The average molecular weight is 328 g/mol. The van der Waals surface area contributed by atoms with E-state index in [1.54, 1.807) is 25.1 Å². The lowest BCUT2D eigenvalue weighted by atomic mass is 10.0. The lowest BCUT2D eigenvalue weighted by Gasteiger charge is -2.15. The maximum absolute atomic E-state index is 12.0. The van der Waals surface area contributed by atoms with E-state index in [1.165, 1.54) is 0 Å². The smallest absolute Gasteiger partial charge is 0.251 e. The monoisotopic (exact) mass is 327 g/mol. The minimum atomic E-state index is -0.0706. The zero-order valence-corrected chi connectivity index (χ0v) is 13.2. The third kappa shape index (κ3) is 5.23. The number of aryl methyl sites for hydroxylation is 1. The van der Waals surface area contributed by atoms with Crippen molar-refractivity contribution in [2.45, 2.75) is 33.1 Å². The summed E-state index contributed by atoms with van der Waals surface area (Å²) in [5, 5.41) is 13.4. The van der Waals surface area contributed by atoms with Gasteiger partial charge in [-0.1, -0.05) is 29.3 Å². The van der Waals surface area contributed by atoms with Gasteiger partial charge in [0.1, 0.15) is 5.75 Å². The number of hydrogen-bond donors (Lipinski definition) is 2. The first-order chi connectivity index (χ1) is 9.08. The van der Waals surface area contributed by atoms with Crippen molar-refractivity contribution in [3.05, 3.63) is 29.3 Å². The number of hydrogen-bond acceptors (Lipinski definition) is 2. The van der Waals surface area contributed by atoms with Crippen LogP contribution < -0.4 is 5.32 Å². The molecule has 0 aromatic heterocycles. The molecule has 1 amide bonds. The van der Waals surface area contributed by atoms with Gasteiger partial charge < -0.3 is 10.4 Å². The van der Waals surface area contributed by atoms with Crippen LogP contribution in [-0.2, 0) is 0 Å². The third-order valence-corrected chi connectivity index (χ3v) is 3.68. The number of aromatic hydroxyl groups is 1. The maximum atomic E-state index is 12.0. The topological polar surface area (TPSA) is 49.3 Å². The second-order valence-electron chi connectivity index (χ2n) is 4.84. The van der Waals surface area contributed by atoms with Gasteiger partial charge in [-0.3, -0.25) is 4.79 Å². The van der Waals surface area contributed by atoms with Crippen molar-refractivity contribution < 1.29 is 9.90 Å². The Morgan fingerprint density at radius 1 is 1.42 bits per heavy atom. The zero-order chi connectivity index (χ0) is 14.3. The van der Waals surface area contributed by atoms with E-state index in [1.807, 2.05) is 0 Å². The highest BCUT2D eigenvalue weighted by Gasteiger charge is 2.11. The Kier molecular flexibility index (Phi) is 6.92. The van der Waals surface area contributed by atoms with Gasteiger partial charge in [0.25, 0.3) is 5.91 Å². The summed E-state index contributed by atoms with van der Waals surface area (Å²) in [6.45, 7) is 4.65. The first-order valence-electron chi connectivity index (χ1n) is 6.72. The molecule has 1 aromatic carbocycles. The van der Waals surface area contributed by atoms with Crippen molar-refractivity contribution >= 4 is 21.8 Å². The van der Waals surface area contributed by atoms with E-state index in [-0.39, 0.29) is 11.7 Å². The first-order valence-corrected chi connectivity index (χ1v) is 7.84. The zero-order valence-electron chi connectivity index (χ0n) is 11.6. The molecule has 0 spiro atoms. The first kappa shape index (κ1) is 16.0. The Bertz CT molecular complexity index is 415. The average Bonchev–Trinajstić information content (AvgIpc) is 2.39. The predicted molar refractivity (Wildman–Crippen MR) is 82.0 cm³/mol. The second-order valence-corrected chi connectivity index (χ2v) is 5.64. The van der Waals surface area contributed by atoms with Crippen LogP contribution in [-0.4, -0.2) is 22.9 Å². The van der Waals surface area contributed by atoms with E-state index in [4.69, 9.17) is 0 Å². The molecule has 1 unspecified atom stereocenters. The predicted octanol–water partition coefficient (Wildman–Crippen LogP) is 3.63. The Labute approximate surface area is 123 Å². The molecule has 0 aliphatic rings. The summed E-state index contributed by atoms with van der Waals surface area (Å²) in [4.78, 5) is 12.0. The largest absolute Gasteiger partial charge is 0.508 e. The Morgan fingerprint density at radius 2 is 2.16 bits per heavy atom. The molecule has 0 aliphatic carbocycles. The van der Waals surface area contributed by atoms with E-state index in [2.05, 4.69) is 28.2 Å². The fraction of sp³-hybridized carbons (Fsp3) is 0.533. The molecule has 0 saturated heterocycles. The lowest BCUT2D eigenvalue weighted by molar-refractivity contribution is 0.0946. The van der Waals surface area contributed by atoms with Crippen molar-refractivity contribution in [3.8, 4) is 5.75 Å². The summed E-state index contributed by atoms with van der Waals surface area (Å²) in [6.07, 6.45) is 3.33. The molecule has 2 N–H and O–H groups in total.